The van der Waals surface area contributed by atoms with Crippen LogP contribution in [0.4, 0.5) is 4.79 Å². The molecule has 92 valence electrons. The zero-order valence-electron chi connectivity index (χ0n) is 9.63. The van der Waals surface area contributed by atoms with E-state index in [1.807, 2.05) is 0 Å². The molecule has 1 atom stereocenters. The number of nitrogens with zero attached hydrogens (tertiary/aromatic N) is 1. The Morgan fingerprint density at radius 2 is 2.00 bits per heavy atom. The average molecular weight is 249 g/mol. The first kappa shape index (κ1) is 12.8. The quantitative estimate of drug-likeness (QED) is 0.648. The molecular formula is C9H15NO5S. The lowest BCUT2D eigenvalue weighted by Crippen LogP contribution is -2.46. The largest absolute Gasteiger partial charge is 0.443 e. The van der Waals surface area contributed by atoms with Crippen LogP contribution in [0.3, 0.4) is 0 Å². The Labute approximate surface area is 95.1 Å². The standard InChI is InChI=1S/C9H15NO5S/c1-7-5-6-14-16(12,13)10(7)8(11)15-9(2,3)4/h5-7H,1-4H3. The van der Waals surface area contributed by atoms with Gasteiger partial charge >= 0.3 is 16.4 Å². The van der Waals surface area contributed by atoms with Gasteiger partial charge in [-0.2, -0.15) is 12.7 Å². The molecule has 1 unspecified atom stereocenters. The summed E-state index contributed by atoms with van der Waals surface area (Å²) in [6.45, 7) is 6.52. The molecule has 0 N–H and O–H groups in total. The van der Waals surface area contributed by atoms with Crippen LogP contribution in [0.5, 0.6) is 0 Å². The third kappa shape index (κ3) is 2.88. The van der Waals surface area contributed by atoms with Crippen LogP contribution >= 0.6 is 0 Å². The molecular weight excluding hydrogens is 234 g/mol. The van der Waals surface area contributed by atoms with E-state index in [0.717, 1.165) is 6.26 Å². The summed E-state index contributed by atoms with van der Waals surface area (Å²) in [6, 6.07) is -0.617. The van der Waals surface area contributed by atoms with Crippen molar-refractivity contribution in [1.29, 1.82) is 0 Å². The molecule has 0 spiro atoms. The van der Waals surface area contributed by atoms with E-state index in [1.54, 1.807) is 27.7 Å². The number of rotatable bonds is 0. The predicted molar refractivity (Wildman–Crippen MR) is 56.7 cm³/mol. The van der Waals surface area contributed by atoms with Gasteiger partial charge < -0.3 is 8.92 Å². The Morgan fingerprint density at radius 1 is 1.44 bits per heavy atom. The molecule has 1 heterocycles. The summed E-state index contributed by atoms with van der Waals surface area (Å²) in [4.78, 5) is 11.7. The van der Waals surface area contributed by atoms with E-state index < -0.39 is 28.0 Å². The van der Waals surface area contributed by atoms with Crippen molar-refractivity contribution in [2.45, 2.75) is 39.3 Å². The summed E-state index contributed by atoms with van der Waals surface area (Å²) >= 11 is 0. The summed E-state index contributed by atoms with van der Waals surface area (Å²) in [5.41, 5.74) is -0.756. The van der Waals surface area contributed by atoms with Gasteiger partial charge in [-0.3, -0.25) is 0 Å². The molecule has 0 aromatic rings. The fourth-order valence-electron chi connectivity index (χ4n) is 1.11. The number of hydrogen-bond donors (Lipinski definition) is 0. The molecule has 0 fully saturated rings. The minimum Gasteiger partial charge on any atom is -0.443 e. The molecule has 7 heteroatoms. The van der Waals surface area contributed by atoms with Gasteiger partial charge in [-0.05, 0) is 33.8 Å². The first-order chi connectivity index (χ1) is 7.13. The molecule has 1 aliphatic rings. The second kappa shape index (κ2) is 3.97. The monoisotopic (exact) mass is 249 g/mol. The van der Waals surface area contributed by atoms with Gasteiger partial charge in [0.25, 0.3) is 0 Å². The number of amides is 1. The van der Waals surface area contributed by atoms with Crippen LogP contribution in [0.25, 0.3) is 0 Å². The number of hydrogen-bond acceptors (Lipinski definition) is 5. The molecule has 1 aliphatic heterocycles. The van der Waals surface area contributed by atoms with E-state index in [4.69, 9.17) is 4.74 Å². The van der Waals surface area contributed by atoms with Crippen molar-refractivity contribution >= 4 is 16.4 Å². The molecule has 0 aromatic heterocycles. The zero-order chi connectivity index (χ0) is 12.6. The molecule has 0 aliphatic carbocycles. The van der Waals surface area contributed by atoms with Gasteiger partial charge in [0.05, 0.1) is 6.04 Å². The Bertz CT molecular complexity index is 406. The lowest BCUT2D eigenvalue weighted by atomic mass is 10.2. The van der Waals surface area contributed by atoms with Gasteiger partial charge in [-0.1, -0.05) is 0 Å². The SMILES string of the molecule is CC1C=COS(=O)(=O)N1C(=O)OC(C)(C)C. The summed E-state index contributed by atoms with van der Waals surface area (Å²) in [5, 5.41) is 0. The maximum atomic E-state index is 11.7. The Kier molecular flexibility index (Phi) is 3.18. The van der Waals surface area contributed by atoms with Crippen molar-refractivity contribution in [3.05, 3.63) is 12.3 Å². The van der Waals surface area contributed by atoms with Crippen molar-refractivity contribution in [2.24, 2.45) is 0 Å². The molecule has 0 aromatic carbocycles. The Hall–Kier alpha value is -1.24. The summed E-state index contributed by atoms with van der Waals surface area (Å²) in [7, 11) is -4.07. The van der Waals surface area contributed by atoms with Crippen LogP contribution in [0.1, 0.15) is 27.7 Å². The molecule has 0 saturated heterocycles. The third-order valence-corrected chi connectivity index (χ3v) is 3.04. The van der Waals surface area contributed by atoms with Crippen LogP contribution in [0.2, 0.25) is 0 Å². The lowest BCUT2D eigenvalue weighted by molar-refractivity contribution is 0.0346. The van der Waals surface area contributed by atoms with Gasteiger partial charge in [0, 0.05) is 0 Å². The molecule has 0 bridgehead atoms. The van der Waals surface area contributed by atoms with Crippen molar-refractivity contribution in [1.82, 2.24) is 4.31 Å². The molecule has 6 nitrogen and oxygen atoms in total. The van der Waals surface area contributed by atoms with Gasteiger partial charge in [0.2, 0.25) is 0 Å². The van der Waals surface area contributed by atoms with E-state index in [1.165, 1.54) is 6.08 Å². The number of carbonyl (C=O) groups excluding carboxylic acids is 1. The molecule has 0 saturated carbocycles. The first-order valence-electron chi connectivity index (χ1n) is 4.76. The topological polar surface area (TPSA) is 72.9 Å². The summed E-state index contributed by atoms with van der Waals surface area (Å²) in [5.74, 6) is 0. The van der Waals surface area contributed by atoms with Crippen molar-refractivity contribution in [3.63, 3.8) is 0 Å². The molecule has 16 heavy (non-hydrogen) atoms. The lowest BCUT2D eigenvalue weighted by Gasteiger charge is -2.30. The fourth-order valence-corrected chi connectivity index (χ4v) is 2.10. The van der Waals surface area contributed by atoms with Crippen LogP contribution in [0, 0.1) is 0 Å². The van der Waals surface area contributed by atoms with Crippen LogP contribution in [0.15, 0.2) is 12.3 Å². The van der Waals surface area contributed by atoms with E-state index in [-0.39, 0.29) is 0 Å². The number of carbonyl (C=O) groups is 1. The molecule has 0 radical (unpaired) electrons. The predicted octanol–water partition coefficient (Wildman–Crippen LogP) is 1.40. The summed E-state index contributed by atoms with van der Waals surface area (Å²) in [6.07, 6.45) is 1.55. The normalized spacial score (nSPS) is 23.8. The highest BCUT2D eigenvalue weighted by atomic mass is 32.2. The first-order valence-corrected chi connectivity index (χ1v) is 6.12. The number of ether oxygens (including phenoxy) is 1. The second-order valence-corrected chi connectivity index (χ2v) is 5.84. The Morgan fingerprint density at radius 3 is 2.44 bits per heavy atom. The van der Waals surface area contributed by atoms with E-state index in [0.29, 0.717) is 4.31 Å². The minimum atomic E-state index is -4.07. The Balaban J connectivity index is 2.94. The summed E-state index contributed by atoms with van der Waals surface area (Å²) < 4.78 is 32.9. The van der Waals surface area contributed by atoms with Crippen LogP contribution in [-0.2, 0) is 19.2 Å². The fraction of sp³-hybridized carbons (Fsp3) is 0.667. The van der Waals surface area contributed by atoms with Crippen LogP contribution in [-0.4, -0.2) is 30.5 Å². The minimum absolute atomic E-state index is 0.568. The van der Waals surface area contributed by atoms with Crippen LogP contribution < -0.4 is 0 Å². The van der Waals surface area contributed by atoms with Gasteiger partial charge in [0.15, 0.2) is 0 Å². The van der Waals surface area contributed by atoms with Crippen molar-refractivity contribution in [2.75, 3.05) is 0 Å². The van der Waals surface area contributed by atoms with Gasteiger partial charge in [0.1, 0.15) is 11.9 Å². The maximum Gasteiger partial charge on any atom is 0.427 e. The molecule has 1 rings (SSSR count). The van der Waals surface area contributed by atoms with Gasteiger partial charge in [-0.15, -0.1) is 0 Å². The highest BCUT2D eigenvalue weighted by molar-refractivity contribution is 7.85. The average Bonchev–Trinajstić information content (AvgIpc) is 1.97. The highest BCUT2D eigenvalue weighted by Crippen LogP contribution is 2.20. The van der Waals surface area contributed by atoms with Crippen molar-refractivity contribution in [3.8, 4) is 0 Å². The molecule has 1 amide bonds. The van der Waals surface area contributed by atoms with E-state index in [2.05, 4.69) is 4.18 Å². The second-order valence-electron chi connectivity index (χ2n) is 4.40. The van der Waals surface area contributed by atoms with E-state index in [9.17, 15) is 13.2 Å². The zero-order valence-corrected chi connectivity index (χ0v) is 10.4. The van der Waals surface area contributed by atoms with Gasteiger partial charge in [-0.25, -0.2) is 4.79 Å². The highest BCUT2D eigenvalue weighted by Gasteiger charge is 2.38. The maximum absolute atomic E-state index is 11.7. The third-order valence-electron chi connectivity index (χ3n) is 1.72. The van der Waals surface area contributed by atoms with E-state index >= 15 is 0 Å². The van der Waals surface area contributed by atoms with Crippen molar-refractivity contribution < 1.29 is 22.1 Å². The smallest absolute Gasteiger partial charge is 0.427 e.